The molecule has 3 nitrogen and oxygen atoms in total. The van der Waals surface area contributed by atoms with E-state index in [-0.39, 0.29) is 11.9 Å². The van der Waals surface area contributed by atoms with E-state index in [1.807, 2.05) is 13.8 Å². The van der Waals surface area contributed by atoms with Crippen molar-refractivity contribution in [3.63, 3.8) is 0 Å². The van der Waals surface area contributed by atoms with Gasteiger partial charge in [-0.1, -0.05) is 13.0 Å². The highest BCUT2D eigenvalue weighted by Crippen LogP contribution is 2.27. The first-order valence-corrected chi connectivity index (χ1v) is 6.75. The fraction of sp³-hybridized carbons (Fsp3) is 0.312. The summed E-state index contributed by atoms with van der Waals surface area (Å²) >= 11 is 0. The summed E-state index contributed by atoms with van der Waals surface area (Å²) in [7, 11) is 0. The molecule has 0 fully saturated rings. The van der Waals surface area contributed by atoms with Crippen LogP contribution in [0.25, 0.3) is 11.1 Å². The molecule has 2 N–H and O–H groups in total. The minimum atomic E-state index is -0.288. The van der Waals surface area contributed by atoms with Crippen LogP contribution in [0.2, 0.25) is 0 Å². The Morgan fingerprint density at radius 2 is 2.10 bits per heavy atom. The van der Waals surface area contributed by atoms with Crippen LogP contribution >= 0.6 is 0 Å². The highest BCUT2D eigenvalue weighted by molar-refractivity contribution is 5.65. The first-order valence-electron chi connectivity index (χ1n) is 6.75. The molecule has 0 radical (unpaired) electrons. The van der Waals surface area contributed by atoms with Gasteiger partial charge in [-0.25, -0.2) is 4.39 Å². The molecule has 20 heavy (non-hydrogen) atoms. The van der Waals surface area contributed by atoms with Crippen molar-refractivity contribution < 1.29 is 9.13 Å². The molecule has 4 heteroatoms. The molecule has 0 bridgehead atoms. The zero-order chi connectivity index (χ0) is 14.5. The van der Waals surface area contributed by atoms with Crippen LogP contribution in [0.4, 0.5) is 4.39 Å². The van der Waals surface area contributed by atoms with Crippen molar-refractivity contribution in [3.05, 3.63) is 48.0 Å². The van der Waals surface area contributed by atoms with Gasteiger partial charge in [-0.05, 0) is 37.1 Å². The molecule has 1 aromatic heterocycles. The predicted molar refractivity (Wildman–Crippen MR) is 78.0 cm³/mol. The topological polar surface area (TPSA) is 48.1 Å². The van der Waals surface area contributed by atoms with Gasteiger partial charge in [-0.3, -0.25) is 4.98 Å². The van der Waals surface area contributed by atoms with Crippen molar-refractivity contribution in [2.45, 2.75) is 26.3 Å². The van der Waals surface area contributed by atoms with Gasteiger partial charge >= 0.3 is 0 Å². The van der Waals surface area contributed by atoms with E-state index in [9.17, 15) is 4.39 Å². The molecular weight excluding hydrogens is 255 g/mol. The molecule has 106 valence electrons. The minimum absolute atomic E-state index is 0.137. The van der Waals surface area contributed by atoms with E-state index in [1.54, 1.807) is 30.6 Å². The third-order valence-corrected chi connectivity index (χ3v) is 3.01. The van der Waals surface area contributed by atoms with Crippen molar-refractivity contribution >= 4 is 0 Å². The number of nitrogens with zero attached hydrogens (tertiary/aromatic N) is 1. The smallest absolute Gasteiger partial charge is 0.138 e. The lowest BCUT2D eigenvalue weighted by Crippen LogP contribution is -2.05. The number of aromatic nitrogens is 1. The lowest BCUT2D eigenvalue weighted by Gasteiger charge is -2.11. The molecule has 0 aliphatic rings. The van der Waals surface area contributed by atoms with Gasteiger partial charge in [0.15, 0.2) is 0 Å². The van der Waals surface area contributed by atoms with Gasteiger partial charge in [-0.2, -0.15) is 0 Å². The van der Waals surface area contributed by atoms with Crippen LogP contribution in [0, 0.1) is 5.82 Å². The molecular formula is C16H19FN2O. The summed E-state index contributed by atoms with van der Waals surface area (Å²) in [6.07, 6.45) is 4.17. The fourth-order valence-electron chi connectivity index (χ4n) is 1.91. The quantitative estimate of drug-likeness (QED) is 0.904. The SMILES string of the molecule is CCCOc1cncc(-c2cc(C(C)N)ccc2F)c1. The Bertz CT molecular complexity index is 584. The number of hydrogen-bond donors (Lipinski definition) is 1. The van der Waals surface area contributed by atoms with Crippen LogP contribution < -0.4 is 10.5 Å². The molecule has 1 atom stereocenters. The Morgan fingerprint density at radius 3 is 2.80 bits per heavy atom. The van der Waals surface area contributed by atoms with Crippen molar-refractivity contribution in [2.75, 3.05) is 6.61 Å². The molecule has 0 amide bonds. The van der Waals surface area contributed by atoms with Crippen molar-refractivity contribution in [3.8, 4) is 16.9 Å². The average molecular weight is 274 g/mol. The molecule has 0 aliphatic carbocycles. The Labute approximate surface area is 118 Å². The number of pyridine rings is 1. The number of hydrogen-bond acceptors (Lipinski definition) is 3. The third-order valence-electron chi connectivity index (χ3n) is 3.01. The number of ether oxygens (including phenoxy) is 1. The Hall–Kier alpha value is -1.94. The van der Waals surface area contributed by atoms with Crippen LogP contribution in [-0.2, 0) is 0 Å². The molecule has 1 heterocycles. The van der Waals surface area contributed by atoms with Crippen LogP contribution in [-0.4, -0.2) is 11.6 Å². The largest absolute Gasteiger partial charge is 0.492 e. The standard InChI is InChI=1S/C16H19FN2O/c1-3-6-20-14-7-13(9-19-10-14)15-8-12(11(2)18)4-5-16(15)17/h4-5,7-11H,3,6,18H2,1-2H3. The van der Waals surface area contributed by atoms with Crippen molar-refractivity contribution in [1.82, 2.24) is 4.98 Å². The van der Waals surface area contributed by atoms with E-state index in [1.165, 1.54) is 6.07 Å². The Balaban J connectivity index is 2.37. The van der Waals surface area contributed by atoms with Gasteiger partial charge in [0.05, 0.1) is 12.8 Å². The maximum absolute atomic E-state index is 14.0. The second kappa shape index (κ2) is 6.48. The predicted octanol–water partition coefficient (Wildman–Crippen LogP) is 3.70. The molecule has 2 aromatic rings. The maximum atomic E-state index is 14.0. The number of halogens is 1. The fourth-order valence-corrected chi connectivity index (χ4v) is 1.91. The summed E-state index contributed by atoms with van der Waals surface area (Å²) in [5.41, 5.74) is 7.92. The monoisotopic (exact) mass is 274 g/mol. The van der Waals surface area contributed by atoms with Crippen LogP contribution in [0.1, 0.15) is 31.9 Å². The van der Waals surface area contributed by atoms with E-state index in [0.29, 0.717) is 23.5 Å². The summed E-state index contributed by atoms with van der Waals surface area (Å²) in [5.74, 6) is 0.360. The number of benzene rings is 1. The molecule has 0 spiro atoms. The summed E-state index contributed by atoms with van der Waals surface area (Å²) in [5, 5.41) is 0. The van der Waals surface area contributed by atoms with Gasteiger partial charge in [0, 0.05) is 23.4 Å². The second-order valence-electron chi connectivity index (χ2n) is 4.79. The van der Waals surface area contributed by atoms with Crippen molar-refractivity contribution in [1.29, 1.82) is 0 Å². The lowest BCUT2D eigenvalue weighted by atomic mass is 10.0. The van der Waals surface area contributed by atoms with E-state index in [2.05, 4.69) is 4.98 Å². The van der Waals surface area contributed by atoms with E-state index in [4.69, 9.17) is 10.5 Å². The molecule has 0 saturated heterocycles. The molecule has 1 unspecified atom stereocenters. The summed E-state index contributed by atoms with van der Waals surface area (Å²) in [4.78, 5) is 4.11. The maximum Gasteiger partial charge on any atom is 0.138 e. The molecule has 2 rings (SSSR count). The first-order chi connectivity index (χ1) is 9.61. The number of nitrogens with two attached hydrogens (primary N) is 1. The zero-order valence-corrected chi connectivity index (χ0v) is 11.8. The highest BCUT2D eigenvalue weighted by Gasteiger charge is 2.10. The van der Waals surface area contributed by atoms with Crippen molar-refractivity contribution in [2.24, 2.45) is 5.73 Å². The van der Waals surface area contributed by atoms with E-state index < -0.39 is 0 Å². The van der Waals surface area contributed by atoms with Gasteiger partial charge in [0.1, 0.15) is 11.6 Å². The minimum Gasteiger partial charge on any atom is -0.492 e. The average Bonchev–Trinajstić information content (AvgIpc) is 2.45. The first kappa shape index (κ1) is 14.5. The van der Waals surface area contributed by atoms with Crippen LogP contribution in [0.15, 0.2) is 36.7 Å². The van der Waals surface area contributed by atoms with Gasteiger partial charge < -0.3 is 10.5 Å². The van der Waals surface area contributed by atoms with Gasteiger partial charge in [-0.15, -0.1) is 0 Å². The zero-order valence-electron chi connectivity index (χ0n) is 11.8. The van der Waals surface area contributed by atoms with E-state index >= 15 is 0 Å². The lowest BCUT2D eigenvalue weighted by molar-refractivity contribution is 0.316. The molecule has 0 saturated carbocycles. The Morgan fingerprint density at radius 1 is 1.30 bits per heavy atom. The second-order valence-corrected chi connectivity index (χ2v) is 4.79. The van der Waals surface area contributed by atoms with Gasteiger partial charge in [0.2, 0.25) is 0 Å². The summed E-state index contributed by atoms with van der Waals surface area (Å²) in [6, 6.07) is 6.57. The molecule has 1 aromatic carbocycles. The van der Waals surface area contributed by atoms with Crippen LogP contribution in [0.3, 0.4) is 0 Å². The third kappa shape index (κ3) is 3.33. The summed E-state index contributed by atoms with van der Waals surface area (Å²) < 4.78 is 19.5. The highest BCUT2D eigenvalue weighted by atomic mass is 19.1. The van der Waals surface area contributed by atoms with E-state index in [0.717, 1.165) is 12.0 Å². The number of rotatable bonds is 5. The molecule has 0 aliphatic heterocycles. The van der Waals surface area contributed by atoms with Gasteiger partial charge in [0.25, 0.3) is 0 Å². The Kier molecular flexibility index (Phi) is 4.69. The summed E-state index contributed by atoms with van der Waals surface area (Å²) in [6.45, 7) is 4.52. The van der Waals surface area contributed by atoms with Crippen LogP contribution in [0.5, 0.6) is 5.75 Å². The normalized spacial score (nSPS) is 12.2.